The van der Waals surface area contributed by atoms with Crippen molar-refractivity contribution in [2.24, 2.45) is 0 Å². The van der Waals surface area contributed by atoms with Gasteiger partial charge >= 0.3 is 0 Å². The maximum Gasteiger partial charge on any atom is 0.132 e. The Bertz CT molecular complexity index is 584. The minimum absolute atomic E-state index is 0.0244. The van der Waals surface area contributed by atoms with Crippen LogP contribution in [0.4, 0.5) is 8.78 Å². The molecule has 0 aliphatic carbocycles. The van der Waals surface area contributed by atoms with Crippen LogP contribution in [-0.2, 0) is 0 Å². The van der Waals surface area contributed by atoms with E-state index in [0.717, 1.165) is 17.7 Å². The molecular formula is C14H11ClF2O. The molecular weight excluding hydrogens is 258 g/mol. The van der Waals surface area contributed by atoms with E-state index in [9.17, 15) is 13.9 Å². The van der Waals surface area contributed by atoms with Crippen LogP contribution in [0, 0.1) is 18.6 Å². The molecule has 1 nitrogen and oxygen atoms in total. The summed E-state index contributed by atoms with van der Waals surface area (Å²) in [6.45, 7) is 1.83. The highest BCUT2D eigenvalue weighted by atomic mass is 35.5. The van der Waals surface area contributed by atoms with Gasteiger partial charge in [-0.1, -0.05) is 29.8 Å². The van der Waals surface area contributed by atoms with Crippen molar-refractivity contribution in [3.05, 3.63) is 69.7 Å². The van der Waals surface area contributed by atoms with E-state index in [2.05, 4.69) is 0 Å². The molecule has 0 fully saturated rings. The molecule has 1 atom stereocenters. The van der Waals surface area contributed by atoms with Crippen molar-refractivity contribution in [3.63, 3.8) is 0 Å². The number of hydrogen-bond donors (Lipinski definition) is 1. The van der Waals surface area contributed by atoms with Crippen molar-refractivity contribution < 1.29 is 13.9 Å². The fraction of sp³-hybridized carbons (Fsp3) is 0.143. The smallest absolute Gasteiger partial charge is 0.132 e. The van der Waals surface area contributed by atoms with E-state index in [1.807, 2.05) is 6.92 Å². The van der Waals surface area contributed by atoms with Crippen LogP contribution in [0.5, 0.6) is 0 Å². The summed E-state index contributed by atoms with van der Waals surface area (Å²) in [6, 6.07) is 8.05. The highest BCUT2D eigenvalue weighted by Gasteiger charge is 2.16. The van der Waals surface area contributed by atoms with Crippen LogP contribution in [0.15, 0.2) is 36.4 Å². The Hall–Kier alpha value is -1.45. The number of aliphatic hydroxyl groups excluding tert-OH is 1. The van der Waals surface area contributed by atoms with E-state index in [0.29, 0.717) is 10.6 Å². The van der Waals surface area contributed by atoms with Crippen LogP contribution in [0.1, 0.15) is 22.8 Å². The first-order valence-electron chi connectivity index (χ1n) is 5.38. The predicted molar refractivity (Wildman–Crippen MR) is 66.6 cm³/mol. The third kappa shape index (κ3) is 2.52. The fourth-order valence-corrected chi connectivity index (χ4v) is 1.87. The number of aryl methyl sites for hydroxylation is 1. The van der Waals surface area contributed by atoms with Crippen molar-refractivity contribution in [1.82, 2.24) is 0 Å². The van der Waals surface area contributed by atoms with E-state index in [4.69, 9.17) is 11.6 Å². The minimum Gasteiger partial charge on any atom is -0.384 e. The summed E-state index contributed by atoms with van der Waals surface area (Å²) in [5, 5.41) is 10.6. The quantitative estimate of drug-likeness (QED) is 0.873. The number of aliphatic hydroxyl groups is 1. The zero-order valence-electron chi connectivity index (χ0n) is 9.62. The Morgan fingerprint density at radius 2 is 1.83 bits per heavy atom. The van der Waals surface area contributed by atoms with Gasteiger partial charge in [0.2, 0.25) is 0 Å². The molecule has 2 aromatic carbocycles. The summed E-state index contributed by atoms with van der Waals surface area (Å²) in [6.07, 6.45) is -1.16. The van der Waals surface area contributed by atoms with Crippen LogP contribution in [0.25, 0.3) is 0 Å². The molecule has 0 spiro atoms. The topological polar surface area (TPSA) is 20.2 Å². The zero-order chi connectivity index (χ0) is 13.3. The Morgan fingerprint density at radius 1 is 1.11 bits per heavy atom. The lowest BCUT2D eigenvalue weighted by Crippen LogP contribution is -2.03. The predicted octanol–water partition coefficient (Wildman–Crippen LogP) is 4.01. The molecule has 2 aromatic rings. The molecule has 0 aliphatic rings. The monoisotopic (exact) mass is 268 g/mol. The second kappa shape index (κ2) is 5.04. The van der Waals surface area contributed by atoms with Gasteiger partial charge in [-0.3, -0.25) is 0 Å². The second-order valence-electron chi connectivity index (χ2n) is 4.08. The van der Waals surface area contributed by atoms with Crippen molar-refractivity contribution >= 4 is 11.6 Å². The van der Waals surface area contributed by atoms with Crippen LogP contribution < -0.4 is 0 Å². The van der Waals surface area contributed by atoms with Crippen molar-refractivity contribution in [2.75, 3.05) is 0 Å². The summed E-state index contributed by atoms with van der Waals surface area (Å²) in [4.78, 5) is 0. The average Bonchev–Trinajstić information content (AvgIpc) is 2.32. The third-order valence-electron chi connectivity index (χ3n) is 2.77. The Labute approximate surface area is 109 Å². The summed E-state index contributed by atoms with van der Waals surface area (Å²) in [5.41, 5.74) is 1.36. The molecule has 4 heteroatoms. The summed E-state index contributed by atoms with van der Waals surface area (Å²) in [7, 11) is 0. The van der Waals surface area contributed by atoms with Crippen molar-refractivity contribution in [3.8, 4) is 0 Å². The van der Waals surface area contributed by atoms with Gasteiger partial charge < -0.3 is 5.11 Å². The average molecular weight is 269 g/mol. The van der Waals surface area contributed by atoms with Gasteiger partial charge in [0.1, 0.15) is 17.7 Å². The molecule has 0 heterocycles. The normalized spacial score (nSPS) is 12.5. The van der Waals surface area contributed by atoms with E-state index in [1.54, 1.807) is 18.2 Å². The fourth-order valence-electron chi connectivity index (χ4n) is 1.68. The first-order chi connectivity index (χ1) is 8.49. The Kier molecular flexibility index (Phi) is 3.64. The zero-order valence-corrected chi connectivity index (χ0v) is 10.4. The number of benzene rings is 2. The lowest BCUT2D eigenvalue weighted by atomic mass is 10.00. The standard InChI is InChI=1S/C14H11ClF2O/c1-8-2-3-9(6-12(8)15)14(18)11-5-4-10(16)7-13(11)17/h2-7,14,18H,1H3. The molecule has 94 valence electrons. The van der Waals surface area contributed by atoms with Crippen LogP contribution in [0.3, 0.4) is 0 Å². The van der Waals surface area contributed by atoms with Gasteiger partial charge in [-0.2, -0.15) is 0 Å². The largest absolute Gasteiger partial charge is 0.384 e. The summed E-state index contributed by atoms with van der Waals surface area (Å²) in [5.74, 6) is -1.45. The van der Waals surface area contributed by atoms with Crippen LogP contribution in [0.2, 0.25) is 5.02 Å². The Morgan fingerprint density at radius 3 is 2.44 bits per heavy atom. The number of halogens is 3. The van der Waals surface area contributed by atoms with Crippen LogP contribution >= 0.6 is 11.6 Å². The molecule has 2 rings (SSSR count). The highest BCUT2D eigenvalue weighted by Crippen LogP contribution is 2.27. The second-order valence-corrected chi connectivity index (χ2v) is 4.48. The van der Waals surface area contributed by atoms with Gasteiger partial charge in [0.25, 0.3) is 0 Å². The molecule has 0 aromatic heterocycles. The van der Waals surface area contributed by atoms with Crippen molar-refractivity contribution in [2.45, 2.75) is 13.0 Å². The van der Waals surface area contributed by atoms with Gasteiger partial charge in [-0.25, -0.2) is 8.78 Å². The van der Waals surface area contributed by atoms with Crippen molar-refractivity contribution in [1.29, 1.82) is 0 Å². The molecule has 1 unspecified atom stereocenters. The highest BCUT2D eigenvalue weighted by molar-refractivity contribution is 6.31. The molecule has 0 amide bonds. The summed E-state index contributed by atoms with van der Waals surface area (Å²) < 4.78 is 26.3. The molecule has 18 heavy (non-hydrogen) atoms. The lowest BCUT2D eigenvalue weighted by molar-refractivity contribution is 0.214. The number of rotatable bonds is 2. The van der Waals surface area contributed by atoms with Gasteiger partial charge in [0, 0.05) is 16.7 Å². The van der Waals surface area contributed by atoms with E-state index >= 15 is 0 Å². The third-order valence-corrected chi connectivity index (χ3v) is 3.18. The van der Waals surface area contributed by atoms with Crippen LogP contribution in [-0.4, -0.2) is 5.11 Å². The molecule has 0 bridgehead atoms. The van der Waals surface area contributed by atoms with Gasteiger partial charge in [0.05, 0.1) is 0 Å². The molecule has 0 saturated carbocycles. The van der Waals surface area contributed by atoms with Gasteiger partial charge in [-0.15, -0.1) is 0 Å². The lowest BCUT2D eigenvalue weighted by Gasteiger charge is -2.13. The maximum absolute atomic E-state index is 13.5. The first kappa shape index (κ1) is 13.0. The molecule has 1 N–H and O–H groups in total. The van der Waals surface area contributed by atoms with E-state index in [1.165, 1.54) is 6.07 Å². The number of hydrogen-bond acceptors (Lipinski definition) is 1. The maximum atomic E-state index is 13.5. The van der Waals surface area contributed by atoms with Gasteiger partial charge in [0.15, 0.2) is 0 Å². The Balaban J connectivity index is 2.41. The summed E-state index contributed by atoms with van der Waals surface area (Å²) >= 11 is 5.95. The van der Waals surface area contributed by atoms with E-state index < -0.39 is 17.7 Å². The molecule has 0 saturated heterocycles. The minimum atomic E-state index is -1.16. The van der Waals surface area contributed by atoms with Gasteiger partial charge in [-0.05, 0) is 30.2 Å². The molecule has 0 radical (unpaired) electrons. The van der Waals surface area contributed by atoms with E-state index in [-0.39, 0.29) is 5.56 Å². The molecule has 0 aliphatic heterocycles. The SMILES string of the molecule is Cc1ccc(C(O)c2ccc(F)cc2F)cc1Cl. The first-order valence-corrected chi connectivity index (χ1v) is 5.76.